The Bertz CT molecular complexity index is 792. The number of carbonyl (C=O) groups is 2. The molecule has 2 bridgehead atoms. The van der Waals surface area contributed by atoms with E-state index in [4.69, 9.17) is 9.88 Å². The number of carbonyl (C=O) groups excluding carboxylic acids is 2. The van der Waals surface area contributed by atoms with Gasteiger partial charge in [-0.25, -0.2) is 13.6 Å². The van der Waals surface area contributed by atoms with Gasteiger partial charge in [-0.2, -0.15) is 0 Å². The van der Waals surface area contributed by atoms with E-state index < -0.39 is 22.0 Å². The summed E-state index contributed by atoms with van der Waals surface area (Å²) in [4.78, 5) is 24.4. The van der Waals surface area contributed by atoms with E-state index in [9.17, 15) is 18.0 Å². The topological polar surface area (TPSA) is 116 Å². The number of anilines is 1. The minimum absolute atomic E-state index is 0.0975. The van der Waals surface area contributed by atoms with Crippen molar-refractivity contribution in [3.63, 3.8) is 0 Å². The Balaban J connectivity index is 1.58. The number of benzene rings is 1. The summed E-state index contributed by atoms with van der Waals surface area (Å²) in [6, 6.07) is 5.61. The maximum absolute atomic E-state index is 12.3. The van der Waals surface area contributed by atoms with Crippen LogP contribution in [0.4, 0.5) is 5.69 Å². The number of rotatable bonds is 5. The van der Waals surface area contributed by atoms with Gasteiger partial charge >= 0.3 is 5.97 Å². The third kappa shape index (κ3) is 4.01. The molecule has 0 spiro atoms. The molecule has 3 N–H and O–H groups in total. The minimum atomic E-state index is -3.85. The molecule has 0 unspecified atom stereocenters. The smallest absolute Gasteiger partial charge is 0.309 e. The van der Waals surface area contributed by atoms with Crippen molar-refractivity contribution in [2.24, 2.45) is 22.9 Å². The van der Waals surface area contributed by atoms with Gasteiger partial charge in [0.15, 0.2) is 6.10 Å². The zero-order chi connectivity index (χ0) is 18.2. The van der Waals surface area contributed by atoms with E-state index in [2.05, 4.69) is 5.32 Å². The lowest BCUT2D eigenvalue weighted by Gasteiger charge is -2.22. The van der Waals surface area contributed by atoms with Gasteiger partial charge in [-0.1, -0.05) is 12.5 Å². The van der Waals surface area contributed by atoms with E-state index in [1.54, 1.807) is 0 Å². The van der Waals surface area contributed by atoms with Crippen molar-refractivity contribution >= 4 is 27.6 Å². The molecular weight excluding hydrogens is 344 g/mol. The van der Waals surface area contributed by atoms with Crippen LogP contribution >= 0.6 is 0 Å². The van der Waals surface area contributed by atoms with Crippen LogP contribution in [0.2, 0.25) is 0 Å². The average molecular weight is 366 g/mol. The van der Waals surface area contributed by atoms with E-state index >= 15 is 0 Å². The van der Waals surface area contributed by atoms with Crippen molar-refractivity contribution in [1.29, 1.82) is 0 Å². The number of ether oxygens (including phenoxy) is 1. The van der Waals surface area contributed by atoms with Crippen LogP contribution in [-0.4, -0.2) is 26.4 Å². The minimum Gasteiger partial charge on any atom is -0.452 e. The summed E-state index contributed by atoms with van der Waals surface area (Å²) < 4.78 is 28.0. The van der Waals surface area contributed by atoms with Gasteiger partial charge in [-0.05, 0) is 56.2 Å². The molecule has 0 saturated heterocycles. The lowest BCUT2D eigenvalue weighted by molar-refractivity contribution is -0.158. The highest BCUT2D eigenvalue weighted by atomic mass is 32.2. The molecule has 1 aromatic carbocycles. The monoisotopic (exact) mass is 366 g/mol. The number of hydrogen-bond donors (Lipinski definition) is 2. The Kier molecular flexibility index (Phi) is 4.83. The standard InChI is InChI=1S/C17H22N2O5S/c1-10(24-17(21)15-8-11-5-6-12(15)7-11)16(20)19-13-3-2-4-14(9-13)25(18,22)23/h2-4,9-12,15H,5-8H2,1H3,(H,19,20)(H2,18,22,23)/t10-,11+,12+,15+/m1/s1. The Morgan fingerprint density at radius 3 is 2.64 bits per heavy atom. The summed E-state index contributed by atoms with van der Waals surface area (Å²) in [6.07, 6.45) is 3.23. The maximum Gasteiger partial charge on any atom is 0.309 e. The van der Waals surface area contributed by atoms with Crippen LogP contribution in [-0.2, 0) is 24.3 Å². The summed E-state index contributed by atoms with van der Waals surface area (Å²) in [5.41, 5.74) is 0.277. The predicted molar refractivity (Wildman–Crippen MR) is 90.9 cm³/mol. The third-order valence-corrected chi connectivity index (χ3v) is 6.04. The highest BCUT2D eigenvalue weighted by molar-refractivity contribution is 7.89. The highest BCUT2D eigenvalue weighted by Crippen LogP contribution is 2.48. The second-order valence-electron chi connectivity index (χ2n) is 6.92. The number of sulfonamides is 1. The lowest BCUT2D eigenvalue weighted by Crippen LogP contribution is -2.33. The first-order chi connectivity index (χ1) is 11.7. The van der Waals surface area contributed by atoms with Gasteiger partial charge in [0.25, 0.3) is 5.91 Å². The van der Waals surface area contributed by atoms with Crippen molar-refractivity contribution in [2.45, 2.75) is 43.6 Å². The zero-order valence-corrected chi connectivity index (χ0v) is 14.8. The number of nitrogens with two attached hydrogens (primary N) is 1. The number of amides is 1. The Hall–Kier alpha value is -1.93. The predicted octanol–water partition coefficient (Wildman–Crippen LogP) is 1.64. The number of hydrogen-bond acceptors (Lipinski definition) is 5. The molecule has 2 saturated carbocycles. The summed E-state index contributed by atoms with van der Waals surface area (Å²) in [5.74, 6) is 0.0859. The first-order valence-electron chi connectivity index (χ1n) is 8.38. The summed E-state index contributed by atoms with van der Waals surface area (Å²) in [7, 11) is -3.85. The van der Waals surface area contributed by atoms with E-state index in [-0.39, 0.29) is 22.5 Å². The Labute approximate surface area is 147 Å². The van der Waals surface area contributed by atoms with Gasteiger partial charge in [0.2, 0.25) is 10.0 Å². The molecule has 0 aromatic heterocycles. The van der Waals surface area contributed by atoms with Crippen LogP contribution in [0.3, 0.4) is 0 Å². The number of primary sulfonamides is 1. The molecule has 0 heterocycles. The highest BCUT2D eigenvalue weighted by Gasteiger charge is 2.44. The van der Waals surface area contributed by atoms with Gasteiger partial charge in [0.1, 0.15) is 0 Å². The fourth-order valence-corrected chi connectivity index (χ4v) is 4.40. The van der Waals surface area contributed by atoms with E-state index in [0.29, 0.717) is 11.8 Å². The maximum atomic E-state index is 12.3. The molecule has 7 nitrogen and oxygen atoms in total. The molecule has 0 aliphatic heterocycles. The van der Waals surface area contributed by atoms with Crippen LogP contribution in [0.25, 0.3) is 0 Å². The van der Waals surface area contributed by atoms with Crippen molar-refractivity contribution in [3.05, 3.63) is 24.3 Å². The third-order valence-electron chi connectivity index (χ3n) is 5.13. The summed E-state index contributed by atoms with van der Waals surface area (Å²) in [6.45, 7) is 1.50. The van der Waals surface area contributed by atoms with Crippen molar-refractivity contribution in [1.82, 2.24) is 0 Å². The molecule has 3 rings (SSSR count). The fourth-order valence-electron chi connectivity index (χ4n) is 3.84. The van der Waals surface area contributed by atoms with Crippen LogP contribution in [0.5, 0.6) is 0 Å². The number of fused-ring (bicyclic) bond motifs is 2. The van der Waals surface area contributed by atoms with Crippen LogP contribution < -0.4 is 10.5 Å². The van der Waals surface area contributed by atoms with Crippen LogP contribution in [0, 0.1) is 17.8 Å². The van der Waals surface area contributed by atoms with E-state index in [1.807, 2.05) is 0 Å². The molecule has 2 fully saturated rings. The molecule has 136 valence electrons. The molecule has 0 radical (unpaired) electrons. The van der Waals surface area contributed by atoms with Crippen LogP contribution in [0.1, 0.15) is 32.6 Å². The first kappa shape index (κ1) is 17.9. The van der Waals surface area contributed by atoms with Crippen LogP contribution in [0.15, 0.2) is 29.2 Å². The molecule has 2 aliphatic rings. The lowest BCUT2D eigenvalue weighted by atomic mass is 9.89. The van der Waals surface area contributed by atoms with Gasteiger partial charge in [0.05, 0.1) is 10.8 Å². The van der Waals surface area contributed by atoms with Gasteiger partial charge in [-0.15, -0.1) is 0 Å². The number of esters is 1. The molecule has 1 aromatic rings. The SMILES string of the molecule is C[C@@H](OC(=O)[C@H]1C[C@H]2CC[C@H]1C2)C(=O)Nc1cccc(S(N)(=O)=O)c1. The average Bonchev–Trinajstić information content (AvgIpc) is 3.17. The van der Waals surface area contributed by atoms with E-state index in [1.165, 1.54) is 37.6 Å². The second-order valence-corrected chi connectivity index (χ2v) is 8.48. The molecule has 8 heteroatoms. The quantitative estimate of drug-likeness (QED) is 0.769. The Morgan fingerprint density at radius 1 is 1.28 bits per heavy atom. The van der Waals surface area contributed by atoms with Crippen molar-refractivity contribution < 1.29 is 22.7 Å². The molecule has 25 heavy (non-hydrogen) atoms. The molecule has 4 atom stereocenters. The van der Waals surface area contributed by atoms with Gasteiger partial charge in [0, 0.05) is 5.69 Å². The van der Waals surface area contributed by atoms with E-state index in [0.717, 1.165) is 19.3 Å². The molecule has 2 aliphatic carbocycles. The molecular formula is C17H22N2O5S. The second kappa shape index (κ2) is 6.76. The normalized spacial score (nSPS) is 26.2. The van der Waals surface area contributed by atoms with Crippen molar-refractivity contribution in [3.8, 4) is 0 Å². The molecule has 1 amide bonds. The Morgan fingerprint density at radius 2 is 2.04 bits per heavy atom. The first-order valence-corrected chi connectivity index (χ1v) is 9.93. The summed E-state index contributed by atoms with van der Waals surface area (Å²) in [5, 5.41) is 7.62. The van der Waals surface area contributed by atoms with Crippen molar-refractivity contribution in [2.75, 3.05) is 5.32 Å². The fraction of sp³-hybridized carbons (Fsp3) is 0.529. The summed E-state index contributed by atoms with van der Waals surface area (Å²) >= 11 is 0. The van der Waals surface area contributed by atoms with Gasteiger partial charge < -0.3 is 10.1 Å². The zero-order valence-electron chi connectivity index (χ0n) is 14.0. The largest absolute Gasteiger partial charge is 0.452 e. The van der Waals surface area contributed by atoms with Gasteiger partial charge in [-0.3, -0.25) is 9.59 Å². The number of nitrogens with one attached hydrogen (secondary N) is 1.